The van der Waals surface area contributed by atoms with Crippen molar-refractivity contribution in [2.45, 2.75) is 39.7 Å². The first kappa shape index (κ1) is 21.2. The van der Waals surface area contributed by atoms with Gasteiger partial charge in [-0.25, -0.2) is 9.59 Å². The molecule has 0 fully saturated rings. The Kier molecular flexibility index (Phi) is 6.98. The molecule has 7 heteroatoms. The summed E-state index contributed by atoms with van der Waals surface area (Å²) >= 11 is 0. The summed E-state index contributed by atoms with van der Waals surface area (Å²) in [7, 11) is 0. The second kappa shape index (κ2) is 9.21. The van der Waals surface area contributed by atoms with Gasteiger partial charge in [0.15, 0.2) is 6.29 Å². The van der Waals surface area contributed by atoms with Crippen molar-refractivity contribution in [2.24, 2.45) is 0 Å². The Bertz CT molecular complexity index is 834. The van der Waals surface area contributed by atoms with Gasteiger partial charge >= 0.3 is 12.1 Å². The highest BCUT2D eigenvalue weighted by Crippen LogP contribution is 2.30. The van der Waals surface area contributed by atoms with Gasteiger partial charge in [0, 0.05) is 24.2 Å². The molecule has 0 saturated heterocycles. The molecule has 0 unspecified atom stereocenters. The van der Waals surface area contributed by atoms with E-state index in [1.807, 2.05) is 30.3 Å². The molecule has 2 N–H and O–H groups in total. The highest BCUT2D eigenvalue weighted by Gasteiger charge is 2.25. The average molecular weight is 386 g/mol. The van der Waals surface area contributed by atoms with E-state index in [1.165, 1.54) is 0 Å². The van der Waals surface area contributed by atoms with E-state index in [9.17, 15) is 14.4 Å². The Morgan fingerprint density at radius 1 is 1.18 bits per heavy atom. The third-order valence-corrected chi connectivity index (χ3v) is 3.81. The number of hydrogen-bond donors (Lipinski definition) is 2. The first-order chi connectivity index (χ1) is 13.3. The number of rotatable bonds is 7. The van der Waals surface area contributed by atoms with Gasteiger partial charge < -0.3 is 19.8 Å². The summed E-state index contributed by atoms with van der Waals surface area (Å²) in [6, 6.07) is 9.15. The maximum atomic E-state index is 12.6. The van der Waals surface area contributed by atoms with E-state index in [2.05, 4.69) is 10.3 Å². The number of esters is 1. The molecule has 1 amide bonds. The molecule has 0 atom stereocenters. The predicted octanol–water partition coefficient (Wildman–Crippen LogP) is 3.74. The number of carbonyl (C=O) groups is 3. The van der Waals surface area contributed by atoms with Gasteiger partial charge in [-0.1, -0.05) is 30.3 Å². The summed E-state index contributed by atoms with van der Waals surface area (Å²) in [5.41, 5.74) is 1.76. The zero-order valence-corrected chi connectivity index (χ0v) is 16.6. The fraction of sp³-hybridized carbons (Fsp3) is 0.381. The van der Waals surface area contributed by atoms with Crippen LogP contribution in [0.25, 0.3) is 11.1 Å². The molecule has 1 heterocycles. The standard InChI is InChI=1S/C21H26N2O5/c1-5-27-19(25)18-15(11-12-22-20(26)28-21(2,3)4)23-16(13-24)17(18)14-9-7-6-8-10-14/h6-10,13,23H,5,11-12H2,1-4H3,(H,22,26). The van der Waals surface area contributed by atoms with Crippen molar-refractivity contribution in [3.05, 3.63) is 47.3 Å². The zero-order valence-electron chi connectivity index (χ0n) is 16.6. The van der Waals surface area contributed by atoms with Gasteiger partial charge in [-0.3, -0.25) is 4.79 Å². The topological polar surface area (TPSA) is 97.5 Å². The fourth-order valence-corrected chi connectivity index (χ4v) is 2.79. The number of ether oxygens (including phenoxy) is 2. The molecular weight excluding hydrogens is 360 g/mol. The van der Waals surface area contributed by atoms with Crippen LogP contribution < -0.4 is 5.32 Å². The quantitative estimate of drug-likeness (QED) is 0.558. The third-order valence-electron chi connectivity index (χ3n) is 3.81. The highest BCUT2D eigenvalue weighted by molar-refractivity contribution is 6.03. The van der Waals surface area contributed by atoms with Crippen molar-refractivity contribution in [3.8, 4) is 11.1 Å². The minimum Gasteiger partial charge on any atom is -0.462 e. The molecule has 28 heavy (non-hydrogen) atoms. The minimum absolute atomic E-state index is 0.213. The zero-order chi connectivity index (χ0) is 20.7. The fourth-order valence-electron chi connectivity index (χ4n) is 2.79. The van der Waals surface area contributed by atoms with Gasteiger partial charge in [-0.2, -0.15) is 0 Å². The van der Waals surface area contributed by atoms with Crippen molar-refractivity contribution >= 4 is 18.3 Å². The van der Waals surface area contributed by atoms with Crippen LogP contribution in [0.3, 0.4) is 0 Å². The molecule has 150 valence electrons. The van der Waals surface area contributed by atoms with Crippen LogP contribution >= 0.6 is 0 Å². The molecule has 0 aliphatic rings. The number of alkyl carbamates (subject to hydrolysis) is 1. The molecule has 0 bridgehead atoms. The van der Waals surface area contributed by atoms with E-state index in [-0.39, 0.29) is 13.2 Å². The maximum absolute atomic E-state index is 12.6. The largest absolute Gasteiger partial charge is 0.462 e. The molecule has 2 rings (SSSR count). The SMILES string of the molecule is CCOC(=O)c1c(CCNC(=O)OC(C)(C)C)[nH]c(C=O)c1-c1ccccc1. The Morgan fingerprint density at radius 3 is 2.43 bits per heavy atom. The number of H-pyrrole nitrogens is 1. The number of hydrogen-bond acceptors (Lipinski definition) is 5. The molecule has 1 aromatic carbocycles. The number of benzene rings is 1. The van der Waals surface area contributed by atoms with E-state index in [0.717, 1.165) is 5.56 Å². The van der Waals surface area contributed by atoms with Gasteiger partial charge in [0.25, 0.3) is 0 Å². The summed E-state index contributed by atoms with van der Waals surface area (Å²) < 4.78 is 10.4. The lowest BCUT2D eigenvalue weighted by Gasteiger charge is -2.19. The van der Waals surface area contributed by atoms with Gasteiger partial charge in [-0.15, -0.1) is 0 Å². The Hall–Kier alpha value is -3.09. The normalized spacial score (nSPS) is 11.0. The van der Waals surface area contributed by atoms with Crippen LogP contribution in [0.5, 0.6) is 0 Å². The molecule has 0 aliphatic carbocycles. The van der Waals surface area contributed by atoms with Crippen LogP contribution in [0.15, 0.2) is 30.3 Å². The van der Waals surface area contributed by atoms with Crippen molar-refractivity contribution in [1.82, 2.24) is 10.3 Å². The minimum atomic E-state index is -0.599. The average Bonchev–Trinajstić information content (AvgIpc) is 3.00. The number of aromatic nitrogens is 1. The molecule has 1 aromatic heterocycles. The number of aromatic amines is 1. The van der Waals surface area contributed by atoms with Crippen molar-refractivity contribution in [3.63, 3.8) is 0 Å². The number of amides is 1. The molecule has 7 nitrogen and oxygen atoms in total. The summed E-state index contributed by atoms with van der Waals surface area (Å²) in [5.74, 6) is -0.516. The molecule has 0 radical (unpaired) electrons. The summed E-state index contributed by atoms with van der Waals surface area (Å²) in [4.78, 5) is 39.0. The molecule has 0 spiro atoms. The van der Waals surface area contributed by atoms with E-state index in [4.69, 9.17) is 9.47 Å². The first-order valence-electron chi connectivity index (χ1n) is 9.16. The summed E-state index contributed by atoms with van der Waals surface area (Å²) in [6.45, 7) is 7.49. The van der Waals surface area contributed by atoms with Crippen LogP contribution in [0.2, 0.25) is 0 Å². The van der Waals surface area contributed by atoms with E-state index < -0.39 is 17.7 Å². The maximum Gasteiger partial charge on any atom is 0.407 e. The van der Waals surface area contributed by atoms with Crippen LogP contribution in [-0.2, 0) is 15.9 Å². The Balaban J connectivity index is 2.31. The predicted molar refractivity (Wildman–Crippen MR) is 106 cm³/mol. The van der Waals surface area contributed by atoms with Crippen LogP contribution in [-0.4, -0.2) is 42.1 Å². The molecule has 0 aliphatic heterocycles. The van der Waals surface area contributed by atoms with Gasteiger partial charge in [0.2, 0.25) is 0 Å². The second-order valence-electron chi connectivity index (χ2n) is 7.15. The Morgan fingerprint density at radius 2 is 1.86 bits per heavy atom. The van der Waals surface area contributed by atoms with Gasteiger partial charge in [0.05, 0.1) is 17.9 Å². The molecule has 0 saturated carbocycles. The number of nitrogens with one attached hydrogen (secondary N) is 2. The van der Waals surface area contributed by atoms with Crippen molar-refractivity contribution < 1.29 is 23.9 Å². The number of carbonyl (C=O) groups excluding carboxylic acids is 3. The summed E-state index contributed by atoms with van der Waals surface area (Å²) in [6.07, 6.45) is 0.437. The lowest BCUT2D eigenvalue weighted by Crippen LogP contribution is -2.33. The smallest absolute Gasteiger partial charge is 0.407 e. The van der Waals surface area contributed by atoms with Crippen molar-refractivity contribution in [2.75, 3.05) is 13.2 Å². The number of aldehydes is 1. The van der Waals surface area contributed by atoms with Gasteiger partial charge in [-0.05, 0) is 33.3 Å². The van der Waals surface area contributed by atoms with Crippen molar-refractivity contribution in [1.29, 1.82) is 0 Å². The summed E-state index contributed by atoms with van der Waals surface area (Å²) in [5, 5.41) is 2.65. The highest BCUT2D eigenvalue weighted by atomic mass is 16.6. The van der Waals surface area contributed by atoms with Crippen LogP contribution in [0.1, 0.15) is 54.2 Å². The molecule has 2 aromatic rings. The lowest BCUT2D eigenvalue weighted by atomic mass is 9.99. The van der Waals surface area contributed by atoms with E-state index >= 15 is 0 Å². The molecular formula is C21H26N2O5. The van der Waals surface area contributed by atoms with E-state index in [0.29, 0.717) is 35.2 Å². The Labute approximate surface area is 164 Å². The lowest BCUT2D eigenvalue weighted by molar-refractivity contribution is 0.0521. The van der Waals surface area contributed by atoms with Crippen LogP contribution in [0, 0.1) is 0 Å². The second-order valence-corrected chi connectivity index (χ2v) is 7.15. The van der Waals surface area contributed by atoms with Crippen LogP contribution in [0.4, 0.5) is 4.79 Å². The monoisotopic (exact) mass is 386 g/mol. The van der Waals surface area contributed by atoms with Gasteiger partial charge in [0.1, 0.15) is 5.60 Å². The third kappa shape index (κ3) is 5.45. The first-order valence-corrected chi connectivity index (χ1v) is 9.16. The van der Waals surface area contributed by atoms with E-state index in [1.54, 1.807) is 27.7 Å².